The molecule has 2 nitrogen and oxygen atoms in total. The van der Waals surface area contributed by atoms with Gasteiger partial charge in [0.25, 0.3) is 0 Å². The van der Waals surface area contributed by atoms with Crippen LogP contribution in [0.3, 0.4) is 0 Å². The summed E-state index contributed by atoms with van der Waals surface area (Å²) in [5, 5.41) is 4.80. The molecule has 1 aliphatic rings. The van der Waals surface area contributed by atoms with E-state index in [0.29, 0.717) is 22.6 Å². The average molecular weight is 274 g/mol. The van der Waals surface area contributed by atoms with Crippen molar-refractivity contribution in [2.75, 3.05) is 13.2 Å². The molecule has 4 heteroatoms. The van der Waals surface area contributed by atoms with Gasteiger partial charge >= 0.3 is 0 Å². The van der Waals surface area contributed by atoms with Crippen molar-refractivity contribution in [1.82, 2.24) is 5.32 Å². The third-order valence-corrected chi connectivity index (χ3v) is 3.34. The molecule has 17 heavy (non-hydrogen) atoms. The van der Waals surface area contributed by atoms with Crippen molar-refractivity contribution in [2.24, 2.45) is 5.92 Å². The lowest BCUT2D eigenvalue weighted by atomic mass is 10.00. The van der Waals surface area contributed by atoms with E-state index in [-0.39, 0.29) is 6.04 Å². The molecule has 0 radical (unpaired) electrons. The summed E-state index contributed by atoms with van der Waals surface area (Å²) >= 11 is 12.2. The van der Waals surface area contributed by atoms with Crippen LogP contribution in [0.15, 0.2) is 12.1 Å². The Morgan fingerprint density at radius 3 is 2.88 bits per heavy atom. The minimum absolute atomic E-state index is 0.289. The quantitative estimate of drug-likeness (QED) is 0.897. The first kappa shape index (κ1) is 13.0. The molecule has 1 atom stereocenters. The van der Waals surface area contributed by atoms with Crippen molar-refractivity contribution in [3.63, 3.8) is 0 Å². The molecule has 0 saturated carbocycles. The van der Waals surface area contributed by atoms with Crippen molar-refractivity contribution in [3.05, 3.63) is 27.7 Å². The Morgan fingerprint density at radius 1 is 1.41 bits per heavy atom. The lowest BCUT2D eigenvalue weighted by molar-refractivity contribution is 0.250. The van der Waals surface area contributed by atoms with E-state index < -0.39 is 0 Å². The number of nitrogens with one attached hydrogen (secondary N) is 1. The first-order valence-electron chi connectivity index (χ1n) is 5.93. The summed E-state index contributed by atoms with van der Waals surface area (Å²) in [6, 6.07) is 3.96. The molecule has 0 bridgehead atoms. The monoisotopic (exact) mass is 273 g/mol. The SMILES string of the molecule is CC(C)CNC1CCOc2c(Cl)cc(Cl)cc21. The Kier molecular flexibility index (Phi) is 4.18. The predicted molar refractivity (Wildman–Crippen MR) is 72.2 cm³/mol. The lowest BCUT2D eigenvalue weighted by Crippen LogP contribution is -2.29. The lowest BCUT2D eigenvalue weighted by Gasteiger charge is -2.28. The summed E-state index contributed by atoms with van der Waals surface area (Å²) in [5.74, 6) is 1.40. The van der Waals surface area contributed by atoms with Crippen LogP contribution in [0.25, 0.3) is 0 Å². The Labute approximate surface area is 112 Å². The second-order valence-electron chi connectivity index (χ2n) is 4.80. The zero-order valence-corrected chi connectivity index (χ0v) is 11.6. The molecule has 94 valence electrons. The van der Waals surface area contributed by atoms with E-state index in [1.807, 2.05) is 6.07 Å². The zero-order chi connectivity index (χ0) is 12.4. The van der Waals surface area contributed by atoms with Crippen LogP contribution in [0.1, 0.15) is 31.9 Å². The van der Waals surface area contributed by atoms with Gasteiger partial charge in [0.2, 0.25) is 0 Å². The fourth-order valence-corrected chi connectivity index (χ4v) is 2.58. The van der Waals surface area contributed by atoms with Gasteiger partial charge in [-0.3, -0.25) is 0 Å². The summed E-state index contributed by atoms with van der Waals surface area (Å²) < 4.78 is 5.62. The van der Waals surface area contributed by atoms with Gasteiger partial charge in [-0.05, 0) is 24.6 Å². The summed E-state index contributed by atoms with van der Waals surface area (Å²) in [5.41, 5.74) is 1.08. The highest BCUT2D eigenvalue weighted by atomic mass is 35.5. The van der Waals surface area contributed by atoms with Crippen molar-refractivity contribution in [2.45, 2.75) is 26.3 Å². The number of ether oxygens (including phenoxy) is 1. The molecule has 1 heterocycles. The maximum Gasteiger partial charge on any atom is 0.142 e. The number of hydrogen-bond acceptors (Lipinski definition) is 2. The highest BCUT2D eigenvalue weighted by Crippen LogP contribution is 2.39. The number of rotatable bonds is 3. The summed E-state index contributed by atoms with van der Waals surface area (Å²) in [6.07, 6.45) is 0.955. The van der Waals surface area contributed by atoms with Gasteiger partial charge in [0.15, 0.2) is 0 Å². The minimum atomic E-state index is 0.289. The van der Waals surface area contributed by atoms with E-state index in [4.69, 9.17) is 27.9 Å². The standard InChI is InChI=1S/C13H17Cl2NO/c1-8(2)7-16-12-3-4-17-13-10(12)5-9(14)6-11(13)15/h5-6,8,12,16H,3-4,7H2,1-2H3. The van der Waals surface area contributed by atoms with Gasteiger partial charge < -0.3 is 10.1 Å². The first-order valence-corrected chi connectivity index (χ1v) is 6.68. The van der Waals surface area contributed by atoms with Crippen LogP contribution in [0, 0.1) is 5.92 Å². The number of halogens is 2. The maximum atomic E-state index is 6.14. The molecule has 0 spiro atoms. The first-order chi connectivity index (χ1) is 8.08. The number of fused-ring (bicyclic) bond motifs is 1. The molecule has 1 N–H and O–H groups in total. The van der Waals surface area contributed by atoms with E-state index in [2.05, 4.69) is 19.2 Å². The van der Waals surface area contributed by atoms with Crippen LogP contribution in [-0.2, 0) is 0 Å². The van der Waals surface area contributed by atoms with Crippen molar-refractivity contribution in [1.29, 1.82) is 0 Å². The van der Waals surface area contributed by atoms with Crippen molar-refractivity contribution in [3.8, 4) is 5.75 Å². The summed E-state index contributed by atoms with van der Waals surface area (Å²) in [6.45, 7) is 6.06. The highest BCUT2D eigenvalue weighted by molar-refractivity contribution is 6.35. The van der Waals surface area contributed by atoms with Gasteiger partial charge in [-0.2, -0.15) is 0 Å². The third-order valence-electron chi connectivity index (χ3n) is 2.84. The molecular weight excluding hydrogens is 257 g/mol. The molecular formula is C13H17Cl2NO. The van der Waals surface area contributed by atoms with Crippen molar-refractivity contribution < 1.29 is 4.74 Å². The van der Waals surface area contributed by atoms with E-state index in [1.165, 1.54) is 0 Å². The Morgan fingerprint density at radius 2 is 2.18 bits per heavy atom. The molecule has 1 unspecified atom stereocenters. The molecule has 1 aliphatic heterocycles. The third kappa shape index (κ3) is 3.06. The second kappa shape index (κ2) is 5.47. The summed E-state index contributed by atoms with van der Waals surface area (Å²) in [4.78, 5) is 0. The van der Waals surface area contributed by atoms with Gasteiger partial charge in [-0.25, -0.2) is 0 Å². The normalized spacial score (nSPS) is 19.0. The van der Waals surface area contributed by atoms with Gasteiger partial charge in [0, 0.05) is 23.0 Å². The fraction of sp³-hybridized carbons (Fsp3) is 0.538. The topological polar surface area (TPSA) is 21.3 Å². The zero-order valence-electron chi connectivity index (χ0n) is 10.1. The van der Waals surface area contributed by atoms with E-state index in [9.17, 15) is 0 Å². The van der Waals surface area contributed by atoms with Crippen LogP contribution in [0.4, 0.5) is 0 Å². The molecule has 0 saturated heterocycles. The van der Waals surface area contributed by atoms with Crippen LogP contribution >= 0.6 is 23.2 Å². The second-order valence-corrected chi connectivity index (χ2v) is 5.64. The molecule has 0 fully saturated rings. The Hall–Kier alpha value is -0.440. The molecule has 1 aromatic carbocycles. The van der Waals surface area contributed by atoms with E-state index in [0.717, 1.165) is 24.3 Å². The molecule has 0 aliphatic carbocycles. The Bertz CT molecular complexity index is 407. The molecule has 2 rings (SSSR count). The van der Waals surface area contributed by atoms with Crippen LogP contribution in [0.2, 0.25) is 10.0 Å². The maximum absolute atomic E-state index is 6.14. The molecule has 1 aromatic rings. The van der Waals surface area contributed by atoms with Crippen LogP contribution < -0.4 is 10.1 Å². The van der Waals surface area contributed by atoms with Crippen LogP contribution in [-0.4, -0.2) is 13.2 Å². The van der Waals surface area contributed by atoms with Gasteiger partial charge in [-0.15, -0.1) is 0 Å². The van der Waals surface area contributed by atoms with Gasteiger partial charge in [0.1, 0.15) is 5.75 Å². The van der Waals surface area contributed by atoms with Gasteiger partial charge in [0.05, 0.1) is 11.6 Å². The molecule has 0 amide bonds. The largest absolute Gasteiger partial charge is 0.492 e. The van der Waals surface area contributed by atoms with Crippen molar-refractivity contribution >= 4 is 23.2 Å². The highest BCUT2D eigenvalue weighted by Gasteiger charge is 2.23. The fourth-order valence-electron chi connectivity index (χ4n) is 2.02. The summed E-state index contributed by atoms with van der Waals surface area (Å²) in [7, 11) is 0. The predicted octanol–water partition coefficient (Wildman–Crippen LogP) is 4.06. The number of benzene rings is 1. The van der Waals surface area contributed by atoms with Gasteiger partial charge in [-0.1, -0.05) is 37.0 Å². The number of hydrogen-bond donors (Lipinski definition) is 1. The van der Waals surface area contributed by atoms with Crippen LogP contribution in [0.5, 0.6) is 5.75 Å². The average Bonchev–Trinajstić information content (AvgIpc) is 2.26. The van der Waals surface area contributed by atoms with E-state index in [1.54, 1.807) is 6.07 Å². The van der Waals surface area contributed by atoms with E-state index >= 15 is 0 Å². The minimum Gasteiger partial charge on any atom is -0.492 e. The smallest absolute Gasteiger partial charge is 0.142 e. The molecule has 0 aromatic heterocycles. The Balaban J connectivity index is 2.24.